The first kappa shape index (κ1) is 15.4. The molecule has 1 aliphatic rings. The second-order valence-corrected chi connectivity index (χ2v) is 6.31. The smallest absolute Gasteiger partial charge is 0.410 e. The highest BCUT2D eigenvalue weighted by Gasteiger charge is 2.33. The second kappa shape index (κ2) is 5.77. The zero-order valence-electron chi connectivity index (χ0n) is 13.1. The predicted molar refractivity (Wildman–Crippen MR) is 80.8 cm³/mol. The molecule has 0 spiro atoms. The van der Waals surface area contributed by atoms with Gasteiger partial charge in [0.05, 0.1) is 17.7 Å². The molecule has 21 heavy (non-hydrogen) atoms. The van der Waals surface area contributed by atoms with E-state index in [0.29, 0.717) is 6.54 Å². The number of benzene rings is 1. The molecule has 4 heteroatoms. The highest BCUT2D eigenvalue weighted by Crippen LogP contribution is 2.37. The number of hydrogen-bond acceptors (Lipinski definition) is 3. The third kappa shape index (κ3) is 3.18. The summed E-state index contributed by atoms with van der Waals surface area (Å²) in [7, 11) is 0. The normalized spacial score (nSPS) is 17.0. The fourth-order valence-corrected chi connectivity index (χ4v) is 2.86. The van der Waals surface area contributed by atoms with Gasteiger partial charge in [-0.2, -0.15) is 5.26 Å². The van der Waals surface area contributed by atoms with Crippen molar-refractivity contribution in [3.05, 3.63) is 34.9 Å². The maximum absolute atomic E-state index is 12.4. The summed E-state index contributed by atoms with van der Waals surface area (Å²) in [5.74, 6) is 0. The van der Waals surface area contributed by atoms with Gasteiger partial charge in [0.25, 0.3) is 0 Å². The van der Waals surface area contributed by atoms with Crippen molar-refractivity contribution >= 4 is 6.09 Å². The van der Waals surface area contributed by atoms with Crippen LogP contribution >= 0.6 is 0 Å². The Hall–Kier alpha value is -2.02. The molecule has 112 valence electrons. The summed E-state index contributed by atoms with van der Waals surface area (Å²) < 4.78 is 5.50. The summed E-state index contributed by atoms with van der Waals surface area (Å²) in [4.78, 5) is 14.1. The molecule has 1 aliphatic carbocycles. The number of rotatable bonds is 2. The minimum Gasteiger partial charge on any atom is -0.444 e. The van der Waals surface area contributed by atoms with Crippen molar-refractivity contribution in [2.45, 2.75) is 52.2 Å². The van der Waals surface area contributed by atoms with Crippen molar-refractivity contribution < 1.29 is 9.53 Å². The molecule has 0 heterocycles. The molecule has 4 nitrogen and oxygen atoms in total. The van der Waals surface area contributed by atoms with E-state index in [0.717, 1.165) is 29.5 Å². The Morgan fingerprint density at radius 3 is 2.76 bits per heavy atom. The standard InChI is InChI=1S/C17H22N2O2/c1-5-19(16(20)21-17(2,3)4)15-10-9-13-12(11-18)7-6-8-14(13)15/h6-8,15H,5,9-10H2,1-4H3. The number of ether oxygens (including phenoxy) is 1. The molecular weight excluding hydrogens is 264 g/mol. The van der Waals surface area contributed by atoms with E-state index in [2.05, 4.69) is 6.07 Å². The molecule has 0 fully saturated rings. The third-order valence-corrected chi connectivity index (χ3v) is 3.70. The van der Waals surface area contributed by atoms with E-state index in [9.17, 15) is 10.1 Å². The summed E-state index contributed by atoms with van der Waals surface area (Å²) in [6, 6.07) is 7.99. The summed E-state index contributed by atoms with van der Waals surface area (Å²) in [5.41, 5.74) is 2.38. The number of nitrogens with zero attached hydrogens (tertiary/aromatic N) is 2. The zero-order valence-corrected chi connectivity index (χ0v) is 13.1. The lowest BCUT2D eigenvalue weighted by Gasteiger charge is -2.31. The number of amides is 1. The molecule has 0 saturated carbocycles. The molecule has 2 rings (SSSR count). The van der Waals surface area contributed by atoms with Gasteiger partial charge < -0.3 is 9.64 Å². The minimum atomic E-state index is -0.500. The second-order valence-electron chi connectivity index (χ2n) is 6.31. The summed E-state index contributed by atoms with van der Waals surface area (Å²) in [6.45, 7) is 8.16. The van der Waals surface area contributed by atoms with Gasteiger partial charge in [-0.3, -0.25) is 0 Å². The van der Waals surface area contributed by atoms with Crippen LogP contribution in [-0.2, 0) is 11.2 Å². The molecular formula is C17H22N2O2. The fraction of sp³-hybridized carbons (Fsp3) is 0.529. The van der Waals surface area contributed by atoms with E-state index in [1.807, 2.05) is 45.9 Å². The van der Waals surface area contributed by atoms with Crippen molar-refractivity contribution in [1.82, 2.24) is 4.90 Å². The van der Waals surface area contributed by atoms with Crippen LogP contribution < -0.4 is 0 Å². The predicted octanol–water partition coefficient (Wildman–Crippen LogP) is 3.80. The Balaban J connectivity index is 2.28. The average molecular weight is 286 g/mol. The maximum atomic E-state index is 12.4. The van der Waals surface area contributed by atoms with Gasteiger partial charge in [0.2, 0.25) is 0 Å². The lowest BCUT2D eigenvalue weighted by atomic mass is 10.0. The number of fused-ring (bicyclic) bond motifs is 1. The van der Waals surface area contributed by atoms with Gasteiger partial charge in [-0.1, -0.05) is 12.1 Å². The number of nitriles is 1. The van der Waals surface area contributed by atoms with Crippen LogP contribution in [0.4, 0.5) is 4.79 Å². The van der Waals surface area contributed by atoms with Crippen LogP contribution in [0.25, 0.3) is 0 Å². The summed E-state index contributed by atoms with van der Waals surface area (Å²) >= 11 is 0. The van der Waals surface area contributed by atoms with E-state index < -0.39 is 5.60 Å². The van der Waals surface area contributed by atoms with E-state index in [4.69, 9.17) is 4.74 Å². The zero-order chi connectivity index (χ0) is 15.6. The summed E-state index contributed by atoms with van der Waals surface area (Å²) in [6.07, 6.45) is 1.40. The highest BCUT2D eigenvalue weighted by atomic mass is 16.6. The SMILES string of the molecule is CCN(C(=O)OC(C)(C)C)C1CCc2c(C#N)cccc21. The van der Waals surface area contributed by atoms with Crippen molar-refractivity contribution in [2.24, 2.45) is 0 Å². The number of carbonyl (C=O) groups excluding carboxylic acids is 1. The quantitative estimate of drug-likeness (QED) is 0.831. The molecule has 1 unspecified atom stereocenters. The maximum Gasteiger partial charge on any atom is 0.410 e. The van der Waals surface area contributed by atoms with E-state index in [1.165, 1.54) is 0 Å². The molecule has 0 saturated heterocycles. The first-order valence-electron chi connectivity index (χ1n) is 7.39. The van der Waals surface area contributed by atoms with Gasteiger partial charge in [0.15, 0.2) is 0 Å². The topological polar surface area (TPSA) is 53.3 Å². The monoisotopic (exact) mass is 286 g/mol. The highest BCUT2D eigenvalue weighted by molar-refractivity contribution is 5.69. The van der Waals surface area contributed by atoms with Crippen LogP contribution in [0, 0.1) is 11.3 Å². The van der Waals surface area contributed by atoms with Crippen molar-refractivity contribution in [2.75, 3.05) is 6.54 Å². The lowest BCUT2D eigenvalue weighted by molar-refractivity contribution is 0.0171. The van der Waals surface area contributed by atoms with E-state index in [-0.39, 0.29) is 12.1 Å². The largest absolute Gasteiger partial charge is 0.444 e. The molecule has 0 aliphatic heterocycles. The van der Waals surface area contributed by atoms with Gasteiger partial charge in [-0.25, -0.2) is 4.79 Å². The Morgan fingerprint density at radius 2 is 2.19 bits per heavy atom. The van der Waals surface area contributed by atoms with Gasteiger partial charge in [0.1, 0.15) is 5.60 Å². The molecule has 1 atom stereocenters. The summed E-state index contributed by atoms with van der Waals surface area (Å²) in [5, 5.41) is 9.19. The molecule has 0 N–H and O–H groups in total. The fourth-order valence-electron chi connectivity index (χ4n) is 2.86. The molecule has 1 aromatic carbocycles. The van der Waals surface area contributed by atoms with Crippen molar-refractivity contribution in [3.8, 4) is 6.07 Å². The van der Waals surface area contributed by atoms with Gasteiger partial charge in [-0.05, 0) is 57.7 Å². The molecule has 1 aromatic rings. The Kier molecular flexibility index (Phi) is 4.22. The van der Waals surface area contributed by atoms with Gasteiger partial charge in [0, 0.05) is 6.54 Å². The van der Waals surface area contributed by atoms with Crippen LogP contribution in [0.1, 0.15) is 56.8 Å². The molecule has 0 bridgehead atoms. The van der Waals surface area contributed by atoms with Crippen LogP contribution in [0.5, 0.6) is 0 Å². The minimum absolute atomic E-state index is 0.00755. The molecule has 1 amide bonds. The van der Waals surface area contributed by atoms with Gasteiger partial charge >= 0.3 is 6.09 Å². The molecule has 0 radical (unpaired) electrons. The third-order valence-electron chi connectivity index (χ3n) is 3.70. The van der Waals surface area contributed by atoms with E-state index in [1.54, 1.807) is 4.90 Å². The van der Waals surface area contributed by atoms with Crippen molar-refractivity contribution in [3.63, 3.8) is 0 Å². The van der Waals surface area contributed by atoms with Crippen LogP contribution in [0.3, 0.4) is 0 Å². The Morgan fingerprint density at radius 1 is 1.48 bits per heavy atom. The van der Waals surface area contributed by atoms with Crippen LogP contribution in [0.2, 0.25) is 0 Å². The Bertz CT molecular complexity index is 581. The lowest BCUT2D eigenvalue weighted by Crippen LogP contribution is -2.38. The van der Waals surface area contributed by atoms with Crippen LogP contribution in [0.15, 0.2) is 18.2 Å². The number of hydrogen-bond donors (Lipinski definition) is 0. The number of carbonyl (C=O) groups is 1. The first-order valence-corrected chi connectivity index (χ1v) is 7.39. The van der Waals surface area contributed by atoms with Gasteiger partial charge in [-0.15, -0.1) is 0 Å². The molecule has 0 aromatic heterocycles. The van der Waals surface area contributed by atoms with Crippen molar-refractivity contribution in [1.29, 1.82) is 5.26 Å². The first-order chi connectivity index (χ1) is 9.87. The van der Waals surface area contributed by atoms with E-state index >= 15 is 0 Å². The Labute approximate surface area is 126 Å². The van der Waals surface area contributed by atoms with Crippen LogP contribution in [-0.4, -0.2) is 23.1 Å². The average Bonchev–Trinajstić information content (AvgIpc) is 2.81.